The first-order valence-electron chi connectivity index (χ1n) is 10.5. The van der Waals surface area contributed by atoms with Crippen LogP contribution in [0.4, 0.5) is 0 Å². The average Bonchev–Trinajstić information content (AvgIpc) is 3.04. The van der Waals surface area contributed by atoms with Crippen LogP contribution in [0.5, 0.6) is 17.2 Å². The summed E-state index contributed by atoms with van der Waals surface area (Å²) in [6.07, 6.45) is 0. The molecule has 0 aromatic heterocycles. The molecule has 4 aromatic carbocycles. The van der Waals surface area contributed by atoms with E-state index in [1.165, 1.54) is 5.56 Å². The van der Waals surface area contributed by atoms with Gasteiger partial charge in [0.2, 0.25) is 0 Å². The van der Waals surface area contributed by atoms with Crippen LogP contribution in [0.15, 0.2) is 60.7 Å². The molecule has 5 rings (SSSR count). The molecule has 4 nitrogen and oxygen atoms in total. The van der Waals surface area contributed by atoms with Gasteiger partial charge in [-0.15, -0.1) is 0 Å². The van der Waals surface area contributed by atoms with Gasteiger partial charge in [0.1, 0.15) is 5.75 Å². The van der Waals surface area contributed by atoms with Crippen molar-refractivity contribution in [1.29, 1.82) is 5.26 Å². The lowest BCUT2D eigenvalue weighted by atomic mass is 9.81. The summed E-state index contributed by atoms with van der Waals surface area (Å²) in [7, 11) is 3.21. The Balaban J connectivity index is 1.77. The zero-order chi connectivity index (χ0) is 22.6. The molecule has 1 aliphatic carbocycles. The minimum atomic E-state index is -0.286. The zero-order valence-electron chi connectivity index (χ0n) is 18.5. The Hall–Kier alpha value is -3.97. The van der Waals surface area contributed by atoms with Crippen LogP contribution in [0.25, 0.3) is 33.0 Å². The Morgan fingerprint density at radius 2 is 1.41 bits per heavy atom. The second kappa shape index (κ2) is 7.03. The van der Waals surface area contributed by atoms with Crippen LogP contribution >= 0.6 is 0 Å². The summed E-state index contributed by atoms with van der Waals surface area (Å²) in [6, 6.07) is 22.0. The summed E-state index contributed by atoms with van der Waals surface area (Å²) < 4.78 is 11.0. The van der Waals surface area contributed by atoms with Crippen molar-refractivity contribution < 1.29 is 14.6 Å². The zero-order valence-corrected chi connectivity index (χ0v) is 18.5. The second-order valence-corrected chi connectivity index (χ2v) is 8.65. The molecule has 0 aliphatic heterocycles. The number of nitrogens with zero attached hydrogens (tertiary/aromatic N) is 1. The van der Waals surface area contributed by atoms with Crippen LogP contribution in [-0.4, -0.2) is 19.3 Å². The lowest BCUT2D eigenvalue weighted by molar-refractivity contribution is 0.355. The minimum absolute atomic E-state index is 0.230. The lowest BCUT2D eigenvalue weighted by Crippen LogP contribution is -2.15. The van der Waals surface area contributed by atoms with E-state index in [1.807, 2.05) is 42.5 Å². The Morgan fingerprint density at radius 1 is 0.781 bits per heavy atom. The van der Waals surface area contributed by atoms with E-state index in [0.29, 0.717) is 17.1 Å². The average molecular weight is 421 g/mol. The number of nitriles is 1. The first-order chi connectivity index (χ1) is 15.4. The molecule has 158 valence electrons. The molecule has 0 spiro atoms. The van der Waals surface area contributed by atoms with Gasteiger partial charge >= 0.3 is 0 Å². The lowest BCUT2D eigenvalue weighted by Gasteiger charge is -2.22. The summed E-state index contributed by atoms with van der Waals surface area (Å²) in [6.45, 7) is 4.37. The molecule has 0 saturated heterocycles. The Morgan fingerprint density at radius 3 is 2.03 bits per heavy atom. The maximum Gasteiger partial charge on any atom is 0.161 e. The monoisotopic (exact) mass is 421 g/mol. The summed E-state index contributed by atoms with van der Waals surface area (Å²) >= 11 is 0. The fraction of sp³-hybridized carbons (Fsp3) is 0.179. The van der Waals surface area contributed by atoms with Gasteiger partial charge in [-0.2, -0.15) is 5.26 Å². The number of fused-ring (bicyclic) bond motifs is 5. The number of rotatable bonds is 3. The summed E-state index contributed by atoms with van der Waals surface area (Å²) in [5, 5.41) is 21.7. The van der Waals surface area contributed by atoms with Gasteiger partial charge in [-0.05, 0) is 75.2 Å². The Kier molecular flexibility index (Phi) is 4.39. The summed E-state index contributed by atoms with van der Waals surface area (Å²) in [5.41, 5.74) is 7.09. The van der Waals surface area contributed by atoms with E-state index >= 15 is 0 Å². The van der Waals surface area contributed by atoms with Crippen LogP contribution in [0.3, 0.4) is 0 Å². The highest BCUT2D eigenvalue weighted by atomic mass is 16.5. The van der Waals surface area contributed by atoms with E-state index in [-0.39, 0.29) is 11.2 Å². The molecule has 0 bridgehead atoms. The molecule has 0 unspecified atom stereocenters. The van der Waals surface area contributed by atoms with E-state index < -0.39 is 0 Å². The van der Waals surface area contributed by atoms with Crippen molar-refractivity contribution in [2.24, 2.45) is 0 Å². The van der Waals surface area contributed by atoms with Gasteiger partial charge in [-0.25, -0.2) is 0 Å². The Bertz CT molecular complexity index is 1430. The molecule has 0 amide bonds. The largest absolute Gasteiger partial charge is 0.507 e. The fourth-order valence-electron chi connectivity index (χ4n) is 4.85. The first-order valence-corrected chi connectivity index (χ1v) is 10.5. The first kappa shape index (κ1) is 20.0. The molecule has 0 saturated carbocycles. The van der Waals surface area contributed by atoms with Gasteiger partial charge in [0.05, 0.1) is 25.9 Å². The maximum atomic E-state index is 10.9. The van der Waals surface area contributed by atoms with Crippen LogP contribution < -0.4 is 9.47 Å². The SMILES string of the molecule is COc1cc2c(O)cc3c(c2cc1OC)-c1ccc(-c2ccc(C#N)cc2)cc1C3(C)C. The van der Waals surface area contributed by atoms with Crippen molar-refractivity contribution >= 4 is 10.8 Å². The van der Waals surface area contributed by atoms with Crippen LogP contribution in [0, 0.1) is 11.3 Å². The molecule has 32 heavy (non-hydrogen) atoms. The topological polar surface area (TPSA) is 62.5 Å². The molecule has 4 heteroatoms. The van der Waals surface area contributed by atoms with E-state index in [0.717, 1.165) is 38.6 Å². The number of hydrogen-bond acceptors (Lipinski definition) is 4. The molecule has 4 aromatic rings. The maximum absolute atomic E-state index is 10.9. The highest BCUT2D eigenvalue weighted by Crippen LogP contribution is 2.54. The van der Waals surface area contributed by atoms with Gasteiger partial charge in [-0.1, -0.05) is 38.1 Å². The number of phenolic OH excluding ortho intramolecular Hbond substituents is 1. The second-order valence-electron chi connectivity index (χ2n) is 8.65. The number of ether oxygens (including phenoxy) is 2. The normalized spacial score (nSPS) is 13.3. The number of benzene rings is 4. The van der Waals surface area contributed by atoms with Gasteiger partial charge in [0, 0.05) is 10.8 Å². The molecule has 1 aliphatic rings. The molecular formula is C28H23NO3. The van der Waals surface area contributed by atoms with Crippen molar-refractivity contribution in [2.75, 3.05) is 14.2 Å². The third-order valence-electron chi connectivity index (χ3n) is 6.60. The number of hydrogen-bond donors (Lipinski definition) is 1. The highest BCUT2D eigenvalue weighted by molar-refractivity contribution is 6.06. The summed E-state index contributed by atoms with van der Waals surface area (Å²) in [4.78, 5) is 0. The molecule has 0 atom stereocenters. The molecular weight excluding hydrogens is 398 g/mol. The van der Waals surface area contributed by atoms with Gasteiger partial charge in [-0.3, -0.25) is 0 Å². The quantitative estimate of drug-likeness (QED) is 0.415. The predicted molar refractivity (Wildman–Crippen MR) is 126 cm³/mol. The van der Waals surface area contributed by atoms with Gasteiger partial charge < -0.3 is 14.6 Å². The number of phenols is 1. The molecule has 1 N–H and O–H groups in total. The third kappa shape index (κ3) is 2.75. The van der Waals surface area contributed by atoms with Crippen LogP contribution in [0.1, 0.15) is 30.5 Å². The third-order valence-corrected chi connectivity index (χ3v) is 6.60. The van der Waals surface area contributed by atoms with Gasteiger partial charge in [0.25, 0.3) is 0 Å². The van der Waals surface area contributed by atoms with Crippen LogP contribution in [0.2, 0.25) is 0 Å². The summed E-state index contributed by atoms with van der Waals surface area (Å²) in [5.74, 6) is 1.45. The van der Waals surface area contributed by atoms with Crippen molar-refractivity contribution in [3.8, 4) is 45.6 Å². The van der Waals surface area contributed by atoms with Crippen molar-refractivity contribution in [2.45, 2.75) is 19.3 Å². The predicted octanol–water partition coefficient (Wildman–Crippen LogP) is 6.41. The fourth-order valence-corrected chi connectivity index (χ4v) is 4.85. The smallest absolute Gasteiger partial charge is 0.161 e. The van der Waals surface area contributed by atoms with E-state index in [4.69, 9.17) is 14.7 Å². The van der Waals surface area contributed by atoms with E-state index in [9.17, 15) is 5.11 Å². The van der Waals surface area contributed by atoms with Gasteiger partial charge in [0.15, 0.2) is 11.5 Å². The molecule has 0 fully saturated rings. The molecule has 0 heterocycles. The van der Waals surface area contributed by atoms with Crippen molar-refractivity contribution in [3.63, 3.8) is 0 Å². The highest BCUT2D eigenvalue weighted by Gasteiger charge is 2.37. The minimum Gasteiger partial charge on any atom is -0.507 e. The Labute approximate surface area is 187 Å². The van der Waals surface area contributed by atoms with Crippen molar-refractivity contribution in [1.82, 2.24) is 0 Å². The number of methoxy groups -OCH3 is 2. The number of aromatic hydroxyl groups is 1. The standard InChI is InChI=1S/C28H23NO3/c1-28(2)22-11-18(17-7-5-16(15-29)6-8-17)9-10-19(22)27-21-13-26(32-4)25(31-3)12-20(21)24(30)14-23(27)28/h5-14,30H,1-4H3. The molecule has 0 radical (unpaired) electrons. The van der Waals surface area contributed by atoms with E-state index in [2.05, 4.69) is 38.1 Å². The van der Waals surface area contributed by atoms with Crippen LogP contribution in [-0.2, 0) is 5.41 Å². The van der Waals surface area contributed by atoms with Crippen molar-refractivity contribution in [3.05, 3.63) is 77.4 Å². The van der Waals surface area contributed by atoms with E-state index in [1.54, 1.807) is 14.2 Å².